The van der Waals surface area contributed by atoms with Gasteiger partial charge in [0.15, 0.2) is 0 Å². The van der Waals surface area contributed by atoms with Crippen molar-refractivity contribution in [1.82, 2.24) is 5.43 Å². The summed E-state index contributed by atoms with van der Waals surface area (Å²) < 4.78 is 1.04. The van der Waals surface area contributed by atoms with Crippen LogP contribution in [0.3, 0.4) is 0 Å². The van der Waals surface area contributed by atoms with Gasteiger partial charge in [-0.3, -0.25) is 4.99 Å². The summed E-state index contributed by atoms with van der Waals surface area (Å²) >= 11 is 4.99. The third-order valence-electron chi connectivity index (χ3n) is 1.23. The number of rotatable bonds is 1. The Kier molecular flexibility index (Phi) is 3.04. The number of thiophene rings is 1. The molecule has 3 nitrogen and oxygen atoms in total. The van der Waals surface area contributed by atoms with Gasteiger partial charge in [0.2, 0.25) is 0 Å². The molecule has 11 heavy (non-hydrogen) atoms. The molecular formula is C6H8BrN3S. The maximum Gasteiger partial charge on any atom is 0.144 e. The number of hydrazine groups is 1. The topological polar surface area (TPSA) is 50.4 Å². The molecule has 0 atom stereocenters. The predicted octanol–water partition coefficient (Wildman–Crippen LogP) is 1.35. The van der Waals surface area contributed by atoms with Gasteiger partial charge in [0, 0.05) is 12.6 Å². The molecule has 1 heterocycles. The summed E-state index contributed by atoms with van der Waals surface area (Å²) in [5.74, 6) is 5.94. The highest BCUT2D eigenvalue weighted by Gasteiger charge is 2.05. The minimum absolute atomic E-state index is 0.693. The van der Waals surface area contributed by atoms with Crippen molar-refractivity contribution in [2.75, 3.05) is 7.05 Å². The molecule has 0 spiro atoms. The molecule has 3 N–H and O–H groups in total. The van der Waals surface area contributed by atoms with E-state index in [0.29, 0.717) is 5.84 Å². The Morgan fingerprint density at radius 2 is 2.55 bits per heavy atom. The van der Waals surface area contributed by atoms with Crippen LogP contribution in [0.5, 0.6) is 0 Å². The van der Waals surface area contributed by atoms with Crippen molar-refractivity contribution < 1.29 is 0 Å². The third-order valence-corrected chi connectivity index (χ3v) is 2.92. The second-order valence-corrected chi connectivity index (χ2v) is 4.06. The summed E-state index contributed by atoms with van der Waals surface area (Å²) in [7, 11) is 1.69. The fourth-order valence-corrected chi connectivity index (χ4v) is 1.98. The second-order valence-electron chi connectivity index (χ2n) is 1.82. The van der Waals surface area contributed by atoms with Crippen molar-refractivity contribution in [3.8, 4) is 0 Å². The summed E-state index contributed by atoms with van der Waals surface area (Å²) in [4.78, 5) is 3.97. The van der Waals surface area contributed by atoms with E-state index in [-0.39, 0.29) is 0 Å². The van der Waals surface area contributed by atoms with Crippen LogP contribution >= 0.6 is 27.3 Å². The summed E-state index contributed by atoms with van der Waals surface area (Å²) in [6.45, 7) is 0. The zero-order valence-electron chi connectivity index (χ0n) is 5.97. The van der Waals surface area contributed by atoms with Crippen LogP contribution in [0.4, 0.5) is 0 Å². The van der Waals surface area contributed by atoms with E-state index in [9.17, 15) is 0 Å². The first kappa shape index (κ1) is 8.70. The van der Waals surface area contributed by atoms with Gasteiger partial charge in [-0.1, -0.05) is 0 Å². The van der Waals surface area contributed by atoms with Crippen LogP contribution in [0.2, 0.25) is 0 Å². The van der Waals surface area contributed by atoms with Crippen LogP contribution in [0.25, 0.3) is 0 Å². The van der Waals surface area contributed by atoms with E-state index < -0.39 is 0 Å². The molecule has 0 unspecified atom stereocenters. The highest BCUT2D eigenvalue weighted by atomic mass is 79.9. The number of amidine groups is 1. The molecule has 0 aromatic carbocycles. The molecule has 0 saturated heterocycles. The van der Waals surface area contributed by atoms with Crippen LogP contribution < -0.4 is 11.3 Å². The minimum Gasteiger partial charge on any atom is -0.308 e. The molecule has 60 valence electrons. The van der Waals surface area contributed by atoms with Crippen molar-refractivity contribution in [2.45, 2.75) is 0 Å². The lowest BCUT2D eigenvalue weighted by molar-refractivity contribution is 1.02. The van der Waals surface area contributed by atoms with E-state index in [0.717, 1.165) is 9.35 Å². The first-order valence-electron chi connectivity index (χ1n) is 2.96. The van der Waals surface area contributed by atoms with Gasteiger partial charge >= 0.3 is 0 Å². The normalized spacial score (nSPS) is 11.7. The van der Waals surface area contributed by atoms with Gasteiger partial charge in [-0.2, -0.15) is 0 Å². The van der Waals surface area contributed by atoms with Gasteiger partial charge in [-0.15, -0.1) is 11.3 Å². The molecule has 0 amide bonds. The van der Waals surface area contributed by atoms with Crippen molar-refractivity contribution in [1.29, 1.82) is 0 Å². The fraction of sp³-hybridized carbons (Fsp3) is 0.167. The number of hydrogen-bond donors (Lipinski definition) is 2. The van der Waals surface area contributed by atoms with Crippen molar-refractivity contribution >= 4 is 33.1 Å². The lowest BCUT2D eigenvalue weighted by Gasteiger charge is -2.01. The fourth-order valence-electron chi connectivity index (χ4n) is 0.726. The average Bonchev–Trinajstić information content (AvgIpc) is 2.40. The first-order chi connectivity index (χ1) is 5.29. The Labute approximate surface area is 77.4 Å². The van der Waals surface area contributed by atoms with Crippen molar-refractivity contribution in [2.24, 2.45) is 10.8 Å². The number of nitrogens with one attached hydrogen (secondary N) is 1. The summed E-state index contributed by atoms with van der Waals surface area (Å²) in [6.07, 6.45) is 0. The monoisotopic (exact) mass is 233 g/mol. The Balaban J connectivity index is 3.00. The van der Waals surface area contributed by atoms with Crippen LogP contribution in [-0.2, 0) is 0 Å². The molecule has 5 heteroatoms. The summed E-state index contributed by atoms with van der Waals surface area (Å²) in [5.41, 5.74) is 3.52. The van der Waals surface area contributed by atoms with Crippen LogP contribution in [0, 0.1) is 0 Å². The molecule has 0 saturated carbocycles. The Bertz CT molecular complexity index is 269. The maximum atomic E-state index is 5.25. The molecule has 0 bridgehead atoms. The second kappa shape index (κ2) is 3.85. The van der Waals surface area contributed by atoms with Gasteiger partial charge in [-0.05, 0) is 27.4 Å². The smallest absolute Gasteiger partial charge is 0.144 e. The lowest BCUT2D eigenvalue weighted by atomic mass is 10.3. The molecular weight excluding hydrogens is 226 g/mol. The molecule has 0 radical (unpaired) electrons. The van der Waals surface area contributed by atoms with Crippen LogP contribution in [0.15, 0.2) is 20.2 Å². The Hall–Kier alpha value is -0.390. The third kappa shape index (κ3) is 1.79. The molecule has 0 aliphatic rings. The number of hydrogen-bond acceptors (Lipinski definition) is 3. The minimum atomic E-state index is 0.693. The predicted molar refractivity (Wildman–Crippen MR) is 51.8 cm³/mol. The Morgan fingerprint density at radius 3 is 2.91 bits per heavy atom. The van der Waals surface area contributed by atoms with E-state index in [1.807, 2.05) is 11.4 Å². The molecule has 1 rings (SSSR count). The van der Waals surface area contributed by atoms with Gasteiger partial charge in [-0.25, -0.2) is 5.84 Å². The van der Waals surface area contributed by atoms with E-state index in [1.165, 1.54) is 0 Å². The molecule has 0 aliphatic heterocycles. The maximum absolute atomic E-state index is 5.25. The van der Waals surface area contributed by atoms with E-state index >= 15 is 0 Å². The first-order valence-corrected chi connectivity index (χ1v) is 4.63. The number of halogens is 1. The van der Waals surface area contributed by atoms with E-state index in [1.54, 1.807) is 18.4 Å². The van der Waals surface area contributed by atoms with Crippen molar-refractivity contribution in [3.05, 3.63) is 20.8 Å². The lowest BCUT2D eigenvalue weighted by Crippen LogP contribution is -2.30. The molecule has 1 aromatic heterocycles. The number of aliphatic imine (C=N–C) groups is 1. The van der Waals surface area contributed by atoms with Crippen LogP contribution in [-0.4, -0.2) is 12.9 Å². The van der Waals surface area contributed by atoms with Crippen molar-refractivity contribution in [3.63, 3.8) is 0 Å². The highest BCUT2D eigenvalue weighted by molar-refractivity contribution is 9.11. The number of nitrogens with zero attached hydrogens (tertiary/aromatic N) is 1. The average molecular weight is 234 g/mol. The molecule has 0 fully saturated rings. The van der Waals surface area contributed by atoms with E-state index in [4.69, 9.17) is 5.84 Å². The highest BCUT2D eigenvalue weighted by Crippen LogP contribution is 2.23. The van der Waals surface area contributed by atoms with Gasteiger partial charge < -0.3 is 5.43 Å². The van der Waals surface area contributed by atoms with Gasteiger partial charge in [0.05, 0.1) is 3.79 Å². The van der Waals surface area contributed by atoms with Gasteiger partial charge in [0.25, 0.3) is 0 Å². The van der Waals surface area contributed by atoms with E-state index in [2.05, 4.69) is 26.3 Å². The molecule has 0 aliphatic carbocycles. The SMILES string of the molecule is CN=C(NN)c1ccsc1Br. The number of nitrogens with two attached hydrogens (primary N) is 1. The zero-order chi connectivity index (χ0) is 8.27. The standard InChI is InChI=1S/C6H8BrN3S/c1-9-6(10-8)4-2-3-11-5(4)7/h2-3H,8H2,1H3,(H,9,10). The zero-order valence-corrected chi connectivity index (χ0v) is 8.37. The summed E-state index contributed by atoms with van der Waals surface area (Å²) in [5, 5.41) is 1.97. The van der Waals surface area contributed by atoms with Gasteiger partial charge in [0.1, 0.15) is 5.84 Å². The quantitative estimate of drug-likeness (QED) is 0.333. The summed E-state index contributed by atoms with van der Waals surface area (Å²) in [6, 6.07) is 1.96. The Morgan fingerprint density at radius 1 is 1.82 bits per heavy atom. The van der Waals surface area contributed by atoms with Crippen LogP contribution in [0.1, 0.15) is 5.56 Å². The molecule has 1 aromatic rings. The largest absolute Gasteiger partial charge is 0.308 e.